The van der Waals surface area contributed by atoms with E-state index in [1.165, 1.54) is 6.92 Å². The van der Waals surface area contributed by atoms with Gasteiger partial charge in [0, 0.05) is 25.8 Å². The van der Waals surface area contributed by atoms with E-state index < -0.39 is 5.54 Å². The first kappa shape index (κ1) is 22.5. The third kappa shape index (κ3) is 5.90. The molecule has 0 saturated heterocycles. The number of rotatable bonds is 8. The summed E-state index contributed by atoms with van der Waals surface area (Å²) in [7, 11) is 0. The number of carbonyl (C=O) groups is 2. The lowest BCUT2D eigenvalue weighted by atomic mass is 9.89. The number of carbonyl (C=O) groups excluding carboxylic acids is 2. The van der Waals surface area contributed by atoms with Gasteiger partial charge in [0.1, 0.15) is 11.4 Å². The molecule has 1 aliphatic rings. The second-order valence-electron chi connectivity index (χ2n) is 8.04. The van der Waals surface area contributed by atoms with Crippen molar-refractivity contribution < 1.29 is 14.1 Å². The van der Waals surface area contributed by atoms with E-state index in [0.717, 1.165) is 44.2 Å². The van der Waals surface area contributed by atoms with E-state index >= 15 is 0 Å². The average molecular weight is 428 g/mol. The van der Waals surface area contributed by atoms with Crippen LogP contribution < -0.4 is 10.6 Å². The number of aryl methyl sites for hydroxylation is 3. The third-order valence-corrected chi connectivity index (χ3v) is 5.44. The van der Waals surface area contributed by atoms with Crippen LogP contribution in [-0.4, -0.2) is 31.7 Å². The summed E-state index contributed by atoms with van der Waals surface area (Å²) in [5.74, 6) is 1.10. The van der Waals surface area contributed by atoms with Crippen LogP contribution in [0.5, 0.6) is 0 Å². The molecule has 1 fully saturated rings. The van der Waals surface area contributed by atoms with Gasteiger partial charge in [0.25, 0.3) is 0 Å². The van der Waals surface area contributed by atoms with E-state index in [0.29, 0.717) is 36.9 Å². The summed E-state index contributed by atoms with van der Waals surface area (Å²) >= 11 is 0. The largest absolute Gasteiger partial charge is 0.343 e. The molecule has 3 rings (SSSR count). The van der Waals surface area contributed by atoms with E-state index in [1.807, 2.05) is 6.92 Å². The smallest absolute Gasteiger partial charge is 0.227 e. The third-order valence-electron chi connectivity index (χ3n) is 5.44. The molecule has 1 saturated carbocycles. The van der Waals surface area contributed by atoms with Crippen molar-refractivity contribution in [1.82, 2.24) is 25.2 Å². The molecule has 2 amide bonds. The van der Waals surface area contributed by atoms with Crippen molar-refractivity contribution in [3.63, 3.8) is 0 Å². The highest BCUT2D eigenvalue weighted by atomic mass is 16.5. The monoisotopic (exact) mass is 427 g/mol. The van der Waals surface area contributed by atoms with Crippen molar-refractivity contribution in [2.45, 2.75) is 83.7 Å². The van der Waals surface area contributed by atoms with Crippen LogP contribution in [0.25, 0.3) is 0 Å². The molecule has 0 radical (unpaired) electrons. The van der Waals surface area contributed by atoms with Crippen LogP contribution in [0.15, 0.2) is 10.6 Å². The summed E-state index contributed by atoms with van der Waals surface area (Å²) in [6.45, 7) is 3.75. The highest BCUT2D eigenvalue weighted by molar-refractivity contribution is 5.90. The second kappa shape index (κ2) is 10.2. The van der Waals surface area contributed by atoms with Crippen LogP contribution in [0.3, 0.4) is 0 Å². The first-order valence-electron chi connectivity index (χ1n) is 10.7. The summed E-state index contributed by atoms with van der Waals surface area (Å²) in [5, 5.41) is 23.1. The molecule has 10 heteroatoms. The van der Waals surface area contributed by atoms with Crippen molar-refractivity contribution in [2.24, 2.45) is 0 Å². The predicted molar refractivity (Wildman–Crippen MR) is 112 cm³/mol. The van der Waals surface area contributed by atoms with Gasteiger partial charge >= 0.3 is 0 Å². The Labute approximate surface area is 181 Å². The number of aromatic nitrogens is 4. The van der Waals surface area contributed by atoms with E-state index in [4.69, 9.17) is 9.78 Å². The number of hydrogen-bond acceptors (Lipinski definition) is 7. The molecule has 166 valence electrons. The molecular weight excluding hydrogens is 398 g/mol. The predicted octanol–water partition coefficient (Wildman–Crippen LogP) is 2.75. The first-order chi connectivity index (χ1) is 14.9. The van der Waals surface area contributed by atoms with Gasteiger partial charge in [-0.25, -0.2) is 4.68 Å². The molecular formula is C21H29N7O3. The highest BCUT2D eigenvalue weighted by Crippen LogP contribution is 2.34. The molecule has 0 unspecified atom stereocenters. The maximum atomic E-state index is 12.4. The van der Waals surface area contributed by atoms with Gasteiger partial charge < -0.3 is 15.2 Å². The van der Waals surface area contributed by atoms with Crippen LogP contribution in [0, 0.1) is 18.3 Å². The van der Waals surface area contributed by atoms with E-state index in [-0.39, 0.29) is 18.2 Å². The average Bonchev–Trinajstić information content (AvgIpc) is 3.26. The molecule has 2 heterocycles. The standard InChI is InChI=1S/C21H29N7O3/c1-15-14-17(28(26-15)13-7-12-22)23-18(30)8-9-19-24-20(27-31-19)21(25-16(2)29)10-5-3-4-6-11-21/h14H,3-11,13H2,1-2H3,(H,23,30)(H,25,29). The molecule has 0 aliphatic heterocycles. The number of anilines is 1. The maximum absolute atomic E-state index is 12.4. The van der Waals surface area contributed by atoms with Crippen LogP contribution in [0.1, 0.15) is 75.7 Å². The van der Waals surface area contributed by atoms with Crippen molar-refractivity contribution in [1.29, 1.82) is 5.26 Å². The van der Waals surface area contributed by atoms with E-state index in [1.54, 1.807) is 10.7 Å². The van der Waals surface area contributed by atoms with Crippen LogP contribution in [-0.2, 0) is 28.1 Å². The SMILES string of the molecule is CC(=O)NC1(c2noc(CCC(=O)Nc3cc(C)nn3CCC#N)n2)CCCCCC1. The summed E-state index contributed by atoms with van der Waals surface area (Å²) in [4.78, 5) is 28.8. The molecule has 10 nitrogen and oxygen atoms in total. The van der Waals surface area contributed by atoms with Crippen LogP contribution in [0.4, 0.5) is 5.82 Å². The van der Waals surface area contributed by atoms with Gasteiger partial charge in [-0.1, -0.05) is 30.8 Å². The number of nitrogens with one attached hydrogen (secondary N) is 2. The zero-order valence-electron chi connectivity index (χ0n) is 18.1. The fourth-order valence-electron chi connectivity index (χ4n) is 4.02. The molecule has 0 bridgehead atoms. The lowest BCUT2D eigenvalue weighted by molar-refractivity contribution is -0.121. The van der Waals surface area contributed by atoms with Crippen molar-refractivity contribution in [3.8, 4) is 6.07 Å². The Kier molecular flexibility index (Phi) is 7.39. The highest BCUT2D eigenvalue weighted by Gasteiger charge is 2.38. The van der Waals surface area contributed by atoms with Gasteiger partial charge in [-0.15, -0.1) is 0 Å². The fourth-order valence-corrected chi connectivity index (χ4v) is 4.02. The molecule has 2 aromatic heterocycles. The molecule has 31 heavy (non-hydrogen) atoms. The molecule has 2 aromatic rings. The first-order valence-corrected chi connectivity index (χ1v) is 10.7. The summed E-state index contributed by atoms with van der Waals surface area (Å²) < 4.78 is 7.02. The minimum Gasteiger partial charge on any atom is -0.343 e. The molecule has 0 aromatic carbocycles. The Morgan fingerprint density at radius 1 is 1.29 bits per heavy atom. The van der Waals surface area contributed by atoms with Gasteiger partial charge in [0.05, 0.1) is 24.7 Å². The lowest BCUT2D eigenvalue weighted by Gasteiger charge is -2.30. The fraction of sp³-hybridized carbons (Fsp3) is 0.619. The zero-order chi connectivity index (χ0) is 22.3. The Hall–Kier alpha value is -3.22. The Morgan fingerprint density at radius 2 is 2.03 bits per heavy atom. The number of hydrogen-bond donors (Lipinski definition) is 2. The van der Waals surface area contributed by atoms with Crippen LogP contribution in [0.2, 0.25) is 0 Å². The quantitative estimate of drug-likeness (QED) is 0.618. The number of nitrogens with zero attached hydrogens (tertiary/aromatic N) is 5. The van der Waals surface area contributed by atoms with E-state index in [9.17, 15) is 9.59 Å². The topological polar surface area (TPSA) is 139 Å². The van der Waals surface area contributed by atoms with Crippen molar-refractivity contribution >= 4 is 17.6 Å². The van der Waals surface area contributed by atoms with Gasteiger partial charge in [-0.2, -0.15) is 15.3 Å². The zero-order valence-corrected chi connectivity index (χ0v) is 18.1. The van der Waals surface area contributed by atoms with Gasteiger partial charge in [0.2, 0.25) is 17.7 Å². The van der Waals surface area contributed by atoms with Crippen molar-refractivity contribution in [2.75, 3.05) is 5.32 Å². The molecule has 2 N–H and O–H groups in total. The molecule has 1 aliphatic carbocycles. The second-order valence-corrected chi connectivity index (χ2v) is 8.04. The molecule has 0 spiro atoms. The minimum absolute atomic E-state index is 0.115. The van der Waals surface area contributed by atoms with Gasteiger partial charge in [-0.3, -0.25) is 9.59 Å². The van der Waals surface area contributed by atoms with Gasteiger partial charge in [-0.05, 0) is 19.8 Å². The summed E-state index contributed by atoms with van der Waals surface area (Å²) in [6.07, 6.45) is 6.54. The summed E-state index contributed by atoms with van der Waals surface area (Å²) in [6, 6.07) is 3.84. The van der Waals surface area contributed by atoms with Gasteiger partial charge in [0.15, 0.2) is 5.82 Å². The Balaban J connectivity index is 1.62. The Morgan fingerprint density at radius 3 is 2.71 bits per heavy atom. The molecule has 0 atom stereocenters. The lowest BCUT2D eigenvalue weighted by Crippen LogP contribution is -2.45. The summed E-state index contributed by atoms with van der Waals surface area (Å²) in [5.41, 5.74) is 0.165. The number of amides is 2. The minimum atomic E-state index is -0.600. The Bertz CT molecular complexity index is 949. The number of nitriles is 1. The maximum Gasteiger partial charge on any atom is 0.227 e. The van der Waals surface area contributed by atoms with Crippen LogP contribution >= 0.6 is 0 Å². The van der Waals surface area contributed by atoms with Crippen molar-refractivity contribution in [3.05, 3.63) is 23.5 Å². The van der Waals surface area contributed by atoms with E-state index in [2.05, 4.69) is 31.9 Å². The normalized spacial score (nSPS) is 15.6.